The summed E-state index contributed by atoms with van der Waals surface area (Å²) in [7, 11) is 0. The largest absolute Gasteiger partial charge is 0.311 e. The number of rotatable bonds is 7. The third-order valence-electron chi connectivity index (χ3n) is 2.59. The number of hydrogen-bond acceptors (Lipinski definition) is 2. The Kier molecular flexibility index (Phi) is 6.38. The molecule has 0 aliphatic rings. The number of hydrogen-bond donors (Lipinski definition) is 1. The molecule has 1 aromatic carbocycles. The summed E-state index contributed by atoms with van der Waals surface area (Å²) in [5, 5.41) is 3.39. The minimum absolute atomic E-state index is 0.535. The van der Waals surface area contributed by atoms with Gasteiger partial charge in [0, 0.05) is 24.1 Å². The highest BCUT2D eigenvalue weighted by Crippen LogP contribution is 2.17. The van der Waals surface area contributed by atoms with E-state index < -0.39 is 0 Å². The van der Waals surface area contributed by atoms with Crippen LogP contribution in [0.3, 0.4) is 0 Å². The first-order valence-corrected chi connectivity index (χ1v) is 7.27. The second-order valence-electron chi connectivity index (χ2n) is 4.70. The molecule has 1 aromatic rings. The normalized spacial score (nSPS) is 10.8. The molecule has 0 saturated carbocycles. The second-order valence-corrected chi connectivity index (χ2v) is 5.69. The quantitative estimate of drug-likeness (QED) is 0.738. The predicted molar refractivity (Wildman–Crippen MR) is 79.6 cm³/mol. The summed E-state index contributed by atoms with van der Waals surface area (Å²) in [5.74, 6) is 2.11. The Morgan fingerprint density at radius 3 is 2.71 bits per heavy atom. The monoisotopic (exact) mass is 249 g/mol. The maximum atomic E-state index is 4.10. The van der Waals surface area contributed by atoms with Gasteiger partial charge >= 0.3 is 0 Å². The minimum atomic E-state index is 0.535. The van der Waals surface area contributed by atoms with Gasteiger partial charge in [-0.05, 0) is 18.1 Å². The van der Waals surface area contributed by atoms with Crippen LogP contribution in [0.15, 0.2) is 36.4 Å². The lowest BCUT2D eigenvalue weighted by atomic mass is 10.1. The first-order valence-electron chi connectivity index (χ1n) is 6.12. The fourth-order valence-electron chi connectivity index (χ4n) is 1.48. The molecule has 0 aliphatic carbocycles. The third-order valence-corrected chi connectivity index (χ3v) is 3.71. The van der Waals surface area contributed by atoms with Crippen LogP contribution in [0.1, 0.15) is 25.0 Å². The average Bonchev–Trinajstić information content (AvgIpc) is 2.29. The SMILES string of the molecule is C=C(CNC(C)C)CSCc1ccccc1C. The molecule has 1 N–H and O–H groups in total. The van der Waals surface area contributed by atoms with Crippen molar-refractivity contribution in [3.05, 3.63) is 47.5 Å². The first-order chi connectivity index (χ1) is 8.09. The highest BCUT2D eigenvalue weighted by atomic mass is 32.2. The molecule has 0 aliphatic heterocycles. The molecule has 0 saturated heterocycles. The Bertz CT molecular complexity index is 358. The zero-order valence-electron chi connectivity index (χ0n) is 11.1. The van der Waals surface area contributed by atoms with E-state index in [1.54, 1.807) is 0 Å². The van der Waals surface area contributed by atoms with Crippen LogP contribution in [-0.2, 0) is 5.75 Å². The molecule has 0 spiro atoms. The molecule has 2 heteroatoms. The Balaban J connectivity index is 2.24. The molecule has 0 atom stereocenters. The van der Waals surface area contributed by atoms with E-state index in [2.05, 4.69) is 56.9 Å². The lowest BCUT2D eigenvalue weighted by molar-refractivity contribution is 0.623. The van der Waals surface area contributed by atoms with E-state index in [0.717, 1.165) is 18.1 Å². The van der Waals surface area contributed by atoms with Crippen LogP contribution in [0, 0.1) is 6.92 Å². The number of thioether (sulfide) groups is 1. The van der Waals surface area contributed by atoms with Crippen molar-refractivity contribution in [3.63, 3.8) is 0 Å². The molecule has 0 bridgehead atoms. The summed E-state index contributed by atoms with van der Waals surface area (Å²) in [6.45, 7) is 11.5. The molecule has 17 heavy (non-hydrogen) atoms. The van der Waals surface area contributed by atoms with Crippen molar-refractivity contribution in [1.29, 1.82) is 0 Å². The van der Waals surface area contributed by atoms with E-state index in [1.165, 1.54) is 16.7 Å². The van der Waals surface area contributed by atoms with Gasteiger partial charge in [0.1, 0.15) is 0 Å². The number of nitrogens with one attached hydrogen (secondary N) is 1. The molecule has 1 rings (SSSR count). The summed E-state index contributed by atoms with van der Waals surface area (Å²) < 4.78 is 0. The number of aryl methyl sites for hydroxylation is 1. The van der Waals surface area contributed by atoms with Crippen LogP contribution in [0.5, 0.6) is 0 Å². The van der Waals surface area contributed by atoms with E-state index in [4.69, 9.17) is 0 Å². The highest BCUT2D eigenvalue weighted by molar-refractivity contribution is 7.98. The van der Waals surface area contributed by atoms with Gasteiger partial charge in [-0.3, -0.25) is 0 Å². The molecular weight excluding hydrogens is 226 g/mol. The van der Waals surface area contributed by atoms with Crippen molar-refractivity contribution in [2.24, 2.45) is 0 Å². The Labute approximate surface area is 110 Å². The standard InChI is InChI=1S/C15H23NS/c1-12(2)16-9-13(3)10-17-11-15-8-6-5-7-14(15)4/h5-8,12,16H,3,9-11H2,1-2,4H3. The maximum Gasteiger partial charge on any atom is 0.0190 e. The van der Waals surface area contributed by atoms with Gasteiger partial charge < -0.3 is 5.32 Å². The summed E-state index contributed by atoms with van der Waals surface area (Å²) in [5.41, 5.74) is 4.09. The maximum absolute atomic E-state index is 4.10. The van der Waals surface area contributed by atoms with Crippen LogP contribution in [0.25, 0.3) is 0 Å². The minimum Gasteiger partial charge on any atom is -0.311 e. The van der Waals surface area contributed by atoms with Gasteiger partial charge in [0.15, 0.2) is 0 Å². The lowest BCUT2D eigenvalue weighted by Gasteiger charge is -2.10. The van der Waals surface area contributed by atoms with Gasteiger partial charge in [-0.15, -0.1) is 0 Å². The zero-order valence-corrected chi connectivity index (χ0v) is 11.9. The highest BCUT2D eigenvalue weighted by Gasteiger charge is 2.00. The fourth-order valence-corrected chi connectivity index (χ4v) is 2.51. The summed E-state index contributed by atoms with van der Waals surface area (Å²) in [6.07, 6.45) is 0. The third kappa shape index (κ3) is 5.94. The summed E-state index contributed by atoms with van der Waals surface area (Å²) in [4.78, 5) is 0. The molecule has 0 heterocycles. The van der Waals surface area contributed by atoms with Gasteiger partial charge in [-0.1, -0.05) is 50.3 Å². The molecule has 0 radical (unpaired) electrons. The first kappa shape index (κ1) is 14.3. The van der Waals surface area contributed by atoms with Gasteiger partial charge in [0.05, 0.1) is 0 Å². The second kappa shape index (κ2) is 7.57. The molecule has 0 fully saturated rings. The molecule has 0 amide bonds. The van der Waals surface area contributed by atoms with Crippen molar-refractivity contribution in [2.45, 2.75) is 32.6 Å². The van der Waals surface area contributed by atoms with Crippen LogP contribution < -0.4 is 5.32 Å². The van der Waals surface area contributed by atoms with E-state index in [-0.39, 0.29) is 0 Å². The van der Waals surface area contributed by atoms with Gasteiger partial charge in [-0.2, -0.15) is 11.8 Å². The predicted octanol–water partition coefficient (Wildman–Crippen LogP) is 3.78. The molecule has 0 aromatic heterocycles. The van der Waals surface area contributed by atoms with Gasteiger partial charge in [-0.25, -0.2) is 0 Å². The van der Waals surface area contributed by atoms with Crippen LogP contribution >= 0.6 is 11.8 Å². The zero-order chi connectivity index (χ0) is 12.7. The summed E-state index contributed by atoms with van der Waals surface area (Å²) in [6, 6.07) is 9.11. The van der Waals surface area contributed by atoms with E-state index in [9.17, 15) is 0 Å². The van der Waals surface area contributed by atoms with Crippen molar-refractivity contribution >= 4 is 11.8 Å². The Morgan fingerprint density at radius 2 is 2.06 bits per heavy atom. The summed E-state index contributed by atoms with van der Waals surface area (Å²) >= 11 is 1.94. The molecule has 1 nitrogen and oxygen atoms in total. The van der Waals surface area contributed by atoms with Gasteiger partial charge in [0.2, 0.25) is 0 Å². The molecular formula is C15H23NS. The van der Waals surface area contributed by atoms with Crippen LogP contribution in [0.4, 0.5) is 0 Å². The van der Waals surface area contributed by atoms with Crippen molar-refractivity contribution in [2.75, 3.05) is 12.3 Å². The van der Waals surface area contributed by atoms with Crippen molar-refractivity contribution in [1.82, 2.24) is 5.32 Å². The fraction of sp³-hybridized carbons (Fsp3) is 0.467. The van der Waals surface area contributed by atoms with E-state index in [0.29, 0.717) is 6.04 Å². The topological polar surface area (TPSA) is 12.0 Å². The van der Waals surface area contributed by atoms with Gasteiger partial charge in [0.25, 0.3) is 0 Å². The Morgan fingerprint density at radius 1 is 1.35 bits per heavy atom. The van der Waals surface area contributed by atoms with Crippen LogP contribution in [-0.4, -0.2) is 18.3 Å². The molecule has 94 valence electrons. The van der Waals surface area contributed by atoms with Crippen molar-refractivity contribution in [3.8, 4) is 0 Å². The van der Waals surface area contributed by atoms with E-state index in [1.807, 2.05) is 11.8 Å². The molecule has 0 unspecified atom stereocenters. The smallest absolute Gasteiger partial charge is 0.0190 e. The van der Waals surface area contributed by atoms with Crippen molar-refractivity contribution < 1.29 is 0 Å². The Hall–Kier alpha value is -0.730. The lowest BCUT2D eigenvalue weighted by Crippen LogP contribution is -2.25. The number of benzene rings is 1. The van der Waals surface area contributed by atoms with Crippen LogP contribution in [0.2, 0.25) is 0 Å². The van der Waals surface area contributed by atoms with E-state index >= 15 is 0 Å². The average molecular weight is 249 g/mol.